The van der Waals surface area contributed by atoms with Gasteiger partial charge in [-0.2, -0.15) is 10.4 Å². The van der Waals surface area contributed by atoms with Gasteiger partial charge in [-0.25, -0.2) is 5.43 Å². The molecule has 0 atom stereocenters. The Hall–Kier alpha value is -3.63. The van der Waals surface area contributed by atoms with Gasteiger partial charge >= 0.3 is 0 Å². The predicted octanol–water partition coefficient (Wildman–Crippen LogP) is 4.60. The number of carbonyl (C=O) groups is 1. The van der Waals surface area contributed by atoms with Crippen LogP contribution in [0.25, 0.3) is 0 Å². The van der Waals surface area contributed by atoms with Crippen molar-refractivity contribution in [2.24, 2.45) is 5.10 Å². The molecule has 0 aliphatic rings. The van der Waals surface area contributed by atoms with E-state index in [0.717, 1.165) is 21.2 Å². The molecule has 0 aromatic heterocycles. The van der Waals surface area contributed by atoms with Gasteiger partial charge in [0.2, 0.25) is 5.91 Å². The molecule has 0 aliphatic carbocycles. The lowest BCUT2D eigenvalue weighted by molar-refractivity contribution is -0.120. The molecule has 3 aromatic rings. The fourth-order valence-electron chi connectivity index (χ4n) is 2.73. The number of hydrazone groups is 1. The summed E-state index contributed by atoms with van der Waals surface area (Å²) in [5.74, 6) is 0.940. The number of hydrogen-bond donors (Lipinski definition) is 1. The molecule has 0 fully saturated rings. The highest BCUT2D eigenvalue weighted by molar-refractivity contribution is 9.10. The van der Waals surface area contributed by atoms with E-state index in [0.29, 0.717) is 23.7 Å². The Labute approximate surface area is 189 Å². The summed E-state index contributed by atoms with van der Waals surface area (Å²) in [7, 11) is 1.56. The summed E-state index contributed by atoms with van der Waals surface area (Å²) in [5.41, 5.74) is 5.74. The summed E-state index contributed by atoms with van der Waals surface area (Å²) < 4.78 is 12.2. The van der Waals surface area contributed by atoms with E-state index in [1.54, 1.807) is 37.6 Å². The number of nitrogens with zero attached hydrogens (tertiary/aromatic N) is 2. The molecule has 0 aliphatic heterocycles. The van der Waals surface area contributed by atoms with Crippen molar-refractivity contribution in [1.82, 2.24) is 5.43 Å². The van der Waals surface area contributed by atoms with E-state index in [-0.39, 0.29) is 12.3 Å². The van der Waals surface area contributed by atoms with Crippen molar-refractivity contribution in [2.75, 3.05) is 7.11 Å². The van der Waals surface area contributed by atoms with E-state index in [2.05, 4.69) is 32.5 Å². The first kappa shape index (κ1) is 22.1. The number of carbonyl (C=O) groups excluding carboxylic acids is 1. The number of amides is 1. The second-order valence-corrected chi connectivity index (χ2v) is 7.52. The Kier molecular flexibility index (Phi) is 7.79. The molecule has 7 heteroatoms. The van der Waals surface area contributed by atoms with Gasteiger partial charge in [0, 0.05) is 4.47 Å². The quantitative estimate of drug-likeness (QED) is 0.379. The van der Waals surface area contributed by atoms with E-state index in [1.165, 1.54) is 0 Å². The van der Waals surface area contributed by atoms with Crippen LogP contribution < -0.4 is 14.9 Å². The molecule has 1 amide bonds. The molecular weight excluding hydrogens is 458 g/mol. The summed E-state index contributed by atoms with van der Waals surface area (Å²) in [6.45, 7) is 0.349. The highest BCUT2D eigenvalue weighted by atomic mass is 79.9. The minimum Gasteiger partial charge on any atom is -0.493 e. The number of hydrogen-bond acceptors (Lipinski definition) is 5. The Bertz CT molecular complexity index is 1100. The Morgan fingerprint density at radius 2 is 1.77 bits per heavy atom. The van der Waals surface area contributed by atoms with Crippen LogP contribution in [0.2, 0.25) is 0 Å². The number of benzene rings is 3. The van der Waals surface area contributed by atoms with Crippen molar-refractivity contribution in [3.8, 4) is 17.6 Å². The molecule has 6 nitrogen and oxygen atoms in total. The van der Waals surface area contributed by atoms with E-state index < -0.39 is 0 Å². The number of rotatable bonds is 8. The van der Waals surface area contributed by atoms with Gasteiger partial charge in [-0.1, -0.05) is 40.2 Å². The number of nitriles is 1. The van der Waals surface area contributed by atoms with Gasteiger partial charge in [-0.15, -0.1) is 0 Å². The third kappa shape index (κ3) is 6.69. The standard InChI is InChI=1S/C24H20BrN3O3/c1-30-23-12-20(15-27-28-24(29)13-17-6-9-21(25)10-7-17)8-11-22(23)31-16-19-4-2-18(14-26)3-5-19/h2-12,15H,13,16H2,1H3,(H,28,29)/b27-15+. The summed E-state index contributed by atoms with van der Waals surface area (Å²) in [4.78, 5) is 12.0. The lowest BCUT2D eigenvalue weighted by atomic mass is 10.1. The minimum absolute atomic E-state index is 0.201. The molecule has 3 rings (SSSR count). The van der Waals surface area contributed by atoms with Crippen LogP contribution in [0.4, 0.5) is 0 Å². The molecule has 0 saturated carbocycles. The van der Waals surface area contributed by atoms with Crippen LogP contribution in [0.15, 0.2) is 76.3 Å². The number of methoxy groups -OCH3 is 1. The number of ether oxygens (including phenoxy) is 2. The average Bonchev–Trinajstić information content (AvgIpc) is 2.80. The summed E-state index contributed by atoms with van der Waals surface area (Å²) in [6, 6.07) is 22.2. The zero-order valence-electron chi connectivity index (χ0n) is 16.8. The topological polar surface area (TPSA) is 83.7 Å². The van der Waals surface area contributed by atoms with Gasteiger partial charge in [0.1, 0.15) is 6.61 Å². The van der Waals surface area contributed by atoms with Gasteiger partial charge in [0.15, 0.2) is 11.5 Å². The largest absolute Gasteiger partial charge is 0.493 e. The van der Waals surface area contributed by atoms with Crippen molar-refractivity contribution in [1.29, 1.82) is 5.26 Å². The fraction of sp³-hybridized carbons (Fsp3) is 0.125. The maximum atomic E-state index is 12.0. The Morgan fingerprint density at radius 3 is 2.45 bits per heavy atom. The maximum Gasteiger partial charge on any atom is 0.244 e. The summed E-state index contributed by atoms with van der Waals surface area (Å²) in [6.07, 6.45) is 1.79. The van der Waals surface area contributed by atoms with Gasteiger partial charge < -0.3 is 9.47 Å². The maximum absolute atomic E-state index is 12.0. The van der Waals surface area contributed by atoms with Gasteiger partial charge in [-0.05, 0) is 59.2 Å². The van der Waals surface area contributed by atoms with Crippen molar-refractivity contribution in [2.45, 2.75) is 13.0 Å². The smallest absolute Gasteiger partial charge is 0.244 e. The number of halogens is 1. The highest BCUT2D eigenvalue weighted by Crippen LogP contribution is 2.28. The zero-order valence-corrected chi connectivity index (χ0v) is 18.4. The molecule has 0 radical (unpaired) electrons. The normalized spacial score (nSPS) is 10.5. The molecule has 0 unspecified atom stereocenters. The highest BCUT2D eigenvalue weighted by Gasteiger charge is 2.06. The van der Waals surface area contributed by atoms with Crippen molar-refractivity contribution in [3.05, 3.63) is 93.5 Å². The monoisotopic (exact) mass is 477 g/mol. The van der Waals surface area contributed by atoms with Crippen molar-refractivity contribution in [3.63, 3.8) is 0 Å². The molecule has 1 N–H and O–H groups in total. The Morgan fingerprint density at radius 1 is 1.06 bits per heavy atom. The average molecular weight is 478 g/mol. The third-order valence-corrected chi connectivity index (χ3v) is 4.87. The van der Waals surface area contributed by atoms with E-state index >= 15 is 0 Å². The first-order valence-electron chi connectivity index (χ1n) is 9.43. The molecular formula is C24H20BrN3O3. The fourth-order valence-corrected chi connectivity index (χ4v) is 2.99. The van der Waals surface area contributed by atoms with Gasteiger partial charge in [-0.3, -0.25) is 4.79 Å². The van der Waals surface area contributed by atoms with Crippen LogP contribution in [0, 0.1) is 11.3 Å². The molecule has 0 bridgehead atoms. The lowest BCUT2D eigenvalue weighted by Crippen LogP contribution is -2.19. The third-order valence-electron chi connectivity index (χ3n) is 4.35. The van der Waals surface area contributed by atoms with E-state index in [9.17, 15) is 4.79 Å². The SMILES string of the molecule is COc1cc(/C=N/NC(=O)Cc2ccc(Br)cc2)ccc1OCc1ccc(C#N)cc1. The first-order valence-corrected chi connectivity index (χ1v) is 10.2. The van der Waals surface area contributed by atoms with Crippen LogP contribution in [0.5, 0.6) is 11.5 Å². The molecule has 0 saturated heterocycles. The van der Waals surface area contributed by atoms with Crippen LogP contribution >= 0.6 is 15.9 Å². The van der Waals surface area contributed by atoms with Crippen LogP contribution in [-0.2, 0) is 17.8 Å². The summed E-state index contributed by atoms with van der Waals surface area (Å²) >= 11 is 3.37. The Balaban J connectivity index is 1.56. The van der Waals surface area contributed by atoms with Crippen LogP contribution in [0.3, 0.4) is 0 Å². The lowest BCUT2D eigenvalue weighted by Gasteiger charge is -2.11. The zero-order chi connectivity index (χ0) is 22.1. The van der Waals surface area contributed by atoms with Crippen molar-refractivity contribution < 1.29 is 14.3 Å². The second-order valence-electron chi connectivity index (χ2n) is 6.60. The number of nitrogens with one attached hydrogen (secondary N) is 1. The molecule has 31 heavy (non-hydrogen) atoms. The van der Waals surface area contributed by atoms with Crippen molar-refractivity contribution >= 4 is 28.1 Å². The van der Waals surface area contributed by atoms with Crippen LogP contribution in [-0.4, -0.2) is 19.2 Å². The second kappa shape index (κ2) is 11.0. The van der Waals surface area contributed by atoms with Gasteiger partial charge in [0.25, 0.3) is 0 Å². The summed E-state index contributed by atoms with van der Waals surface area (Å²) in [5, 5.41) is 12.9. The van der Waals surface area contributed by atoms with E-state index in [4.69, 9.17) is 14.7 Å². The first-order chi connectivity index (χ1) is 15.1. The predicted molar refractivity (Wildman–Crippen MR) is 122 cm³/mol. The minimum atomic E-state index is -0.201. The van der Waals surface area contributed by atoms with Gasteiger partial charge in [0.05, 0.1) is 31.4 Å². The molecule has 156 valence electrons. The van der Waals surface area contributed by atoms with E-state index in [1.807, 2.05) is 42.5 Å². The molecule has 0 heterocycles. The molecule has 0 spiro atoms. The molecule has 3 aromatic carbocycles. The van der Waals surface area contributed by atoms with Crippen LogP contribution in [0.1, 0.15) is 22.3 Å².